The molecule has 0 bridgehead atoms. The van der Waals surface area contributed by atoms with E-state index >= 15 is 0 Å². The average Bonchev–Trinajstić information content (AvgIpc) is 2.36. The van der Waals surface area contributed by atoms with Crippen LogP contribution in [0.1, 0.15) is 10.5 Å². The van der Waals surface area contributed by atoms with Crippen LogP contribution in [0.25, 0.3) is 10.9 Å². The molecule has 1 heterocycles. The van der Waals surface area contributed by atoms with E-state index in [-0.39, 0.29) is 5.91 Å². The van der Waals surface area contributed by atoms with Crippen LogP contribution in [0.4, 0.5) is 0 Å². The second-order valence-electron chi connectivity index (χ2n) is 3.95. The SMILES string of the molecule is COc1ccc2nc(C(=O)N(C)C)ccc2c1. The minimum atomic E-state index is -0.0947. The smallest absolute Gasteiger partial charge is 0.271 e. The van der Waals surface area contributed by atoms with Gasteiger partial charge in [-0.3, -0.25) is 4.79 Å². The van der Waals surface area contributed by atoms with Crippen molar-refractivity contribution in [3.05, 3.63) is 36.0 Å². The van der Waals surface area contributed by atoms with Crippen LogP contribution in [0, 0.1) is 0 Å². The molecule has 4 nitrogen and oxygen atoms in total. The van der Waals surface area contributed by atoms with Crippen molar-refractivity contribution in [2.24, 2.45) is 0 Å². The van der Waals surface area contributed by atoms with E-state index in [1.807, 2.05) is 24.3 Å². The van der Waals surface area contributed by atoms with Crippen LogP contribution < -0.4 is 4.74 Å². The Morgan fingerprint density at radius 2 is 2.00 bits per heavy atom. The van der Waals surface area contributed by atoms with Crippen LogP contribution in [0.2, 0.25) is 0 Å². The fraction of sp³-hybridized carbons (Fsp3) is 0.231. The first-order chi connectivity index (χ1) is 8.11. The zero-order valence-electron chi connectivity index (χ0n) is 10.1. The van der Waals surface area contributed by atoms with Gasteiger partial charge in [-0.1, -0.05) is 6.07 Å². The van der Waals surface area contributed by atoms with Crippen molar-refractivity contribution >= 4 is 16.8 Å². The van der Waals surface area contributed by atoms with Crippen molar-refractivity contribution in [1.82, 2.24) is 9.88 Å². The molecule has 2 rings (SSSR count). The van der Waals surface area contributed by atoms with E-state index in [1.54, 1.807) is 27.3 Å². The van der Waals surface area contributed by atoms with Gasteiger partial charge in [0.05, 0.1) is 12.6 Å². The predicted octanol–water partition coefficient (Wildman–Crippen LogP) is 1.95. The van der Waals surface area contributed by atoms with Crippen molar-refractivity contribution < 1.29 is 9.53 Å². The Kier molecular flexibility index (Phi) is 2.95. The number of rotatable bonds is 2. The van der Waals surface area contributed by atoms with E-state index in [2.05, 4.69) is 4.98 Å². The van der Waals surface area contributed by atoms with Gasteiger partial charge < -0.3 is 9.64 Å². The fourth-order valence-corrected chi connectivity index (χ4v) is 1.58. The third kappa shape index (κ3) is 2.20. The zero-order chi connectivity index (χ0) is 12.4. The summed E-state index contributed by atoms with van der Waals surface area (Å²) in [7, 11) is 5.04. The Labute approximate surface area is 99.8 Å². The van der Waals surface area contributed by atoms with E-state index in [0.717, 1.165) is 16.7 Å². The highest BCUT2D eigenvalue weighted by molar-refractivity contribution is 5.94. The number of fused-ring (bicyclic) bond motifs is 1. The summed E-state index contributed by atoms with van der Waals surface area (Å²) in [5.74, 6) is 0.689. The average molecular weight is 230 g/mol. The normalized spacial score (nSPS) is 10.3. The summed E-state index contributed by atoms with van der Waals surface area (Å²) < 4.78 is 5.14. The number of hydrogen-bond donors (Lipinski definition) is 0. The molecule has 2 aromatic rings. The number of carbonyl (C=O) groups excluding carboxylic acids is 1. The Morgan fingerprint density at radius 3 is 2.65 bits per heavy atom. The number of nitrogens with zero attached hydrogens (tertiary/aromatic N) is 2. The van der Waals surface area contributed by atoms with Gasteiger partial charge in [-0.25, -0.2) is 4.98 Å². The van der Waals surface area contributed by atoms with Gasteiger partial charge in [0.2, 0.25) is 0 Å². The maximum atomic E-state index is 11.7. The van der Waals surface area contributed by atoms with Gasteiger partial charge in [0.15, 0.2) is 0 Å². The Balaban J connectivity index is 2.48. The van der Waals surface area contributed by atoms with Crippen LogP contribution in [0.3, 0.4) is 0 Å². The third-order valence-corrected chi connectivity index (χ3v) is 2.52. The summed E-state index contributed by atoms with van der Waals surface area (Å²) in [6.07, 6.45) is 0. The lowest BCUT2D eigenvalue weighted by atomic mass is 10.2. The molecule has 4 heteroatoms. The lowest BCUT2D eigenvalue weighted by Gasteiger charge is -2.10. The van der Waals surface area contributed by atoms with Crippen molar-refractivity contribution in [1.29, 1.82) is 0 Å². The lowest BCUT2D eigenvalue weighted by molar-refractivity contribution is 0.0822. The summed E-state index contributed by atoms with van der Waals surface area (Å²) >= 11 is 0. The molecular weight excluding hydrogens is 216 g/mol. The van der Waals surface area contributed by atoms with Crippen LogP contribution >= 0.6 is 0 Å². The molecule has 1 aromatic heterocycles. The summed E-state index contributed by atoms with van der Waals surface area (Å²) in [6.45, 7) is 0. The van der Waals surface area contributed by atoms with Crippen LogP contribution in [-0.2, 0) is 0 Å². The molecule has 1 aromatic carbocycles. The number of amides is 1. The fourth-order valence-electron chi connectivity index (χ4n) is 1.58. The summed E-state index contributed by atoms with van der Waals surface area (Å²) in [5, 5.41) is 0.958. The molecule has 0 unspecified atom stereocenters. The number of pyridine rings is 1. The molecule has 88 valence electrons. The van der Waals surface area contributed by atoms with Crippen molar-refractivity contribution in [2.45, 2.75) is 0 Å². The van der Waals surface area contributed by atoms with Crippen molar-refractivity contribution in [3.63, 3.8) is 0 Å². The summed E-state index contributed by atoms with van der Waals surface area (Å²) in [5.41, 5.74) is 1.24. The standard InChI is InChI=1S/C13H14N2O2/c1-15(2)13(16)12-6-4-9-8-10(17-3)5-7-11(9)14-12/h4-8H,1-3H3. The van der Waals surface area contributed by atoms with E-state index in [9.17, 15) is 4.79 Å². The number of carbonyl (C=O) groups is 1. The van der Waals surface area contributed by atoms with Gasteiger partial charge in [-0.2, -0.15) is 0 Å². The van der Waals surface area contributed by atoms with Gasteiger partial charge in [0.1, 0.15) is 11.4 Å². The minimum Gasteiger partial charge on any atom is -0.497 e. The summed E-state index contributed by atoms with van der Waals surface area (Å²) in [4.78, 5) is 17.6. The number of hydrogen-bond acceptors (Lipinski definition) is 3. The van der Waals surface area contributed by atoms with Crippen LogP contribution in [-0.4, -0.2) is 37.0 Å². The van der Waals surface area contributed by atoms with E-state index in [4.69, 9.17) is 4.74 Å². The zero-order valence-corrected chi connectivity index (χ0v) is 10.1. The predicted molar refractivity (Wildman–Crippen MR) is 66.3 cm³/mol. The third-order valence-electron chi connectivity index (χ3n) is 2.52. The maximum absolute atomic E-state index is 11.7. The van der Waals surface area contributed by atoms with Gasteiger partial charge in [0.25, 0.3) is 5.91 Å². The molecular formula is C13H14N2O2. The molecule has 0 atom stereocenters. The number of methoxy groups -OCH3 is 1. The molecule has 0 fully saturated rings. The molecule has 0 aliphatic rings. The van der Waals surface area contributed by atoms with Gasteiger partial charge >= 0.3 is 0 Å². The molecule has 0 saturated heterocycles. The Hall–Kier alpha value is -2.10. The van der Waals surface area contributed by atoms with Crippen LogP contribution in [0.15, 0.2) is 30.3 Å². The Bertz CT molecular complexity index is 564. The lowest BCUT2D eigenvalue weighted by Crippen LogP contribution is -2.22. The monoisotopic (exact) mass is 230 g/mol. The molecule has 0 aliphatic heterocycles. The number of benzene rings is 1. The quantitative estimate of drug-likeness (QED) is 0.791. The van der Waals surface area contributed by atoms with Gasteiger partial charge in [-0.05, 0) is 24.3 Å². The highest BCUT2D eigenvalue weighted by atomic mass is 16.5. The van der Waals surface area contributed by atoms with Gasteiger partial charge in [-0.15, -0.1) is 0 Å². The van der Waals surface area contributed by atoms with Gasteiger partial charge in [0, 0.05) is 19.5 Å². The minimum absolute atomic E-state index is 0.0947. The molecule has 0 radical (unpaired) electrons. The molecule has 1 amide bonds. The molecule has 0 saturated carbocycles. The van der Waals surface area contributed by atoms with E-state index in [0.29, 0.717) is 5.69 Å². The van der Waals surface area contributed by atoms with Crippen molar-refractivity contribution in [2.75, 3.05) is 21.2 Å². The highest BCUT2D eigenvalue weighted by Gasteiger charge is 2.10. The summed E-state index contributed by atoms with van der Waals surface area (Å²) in [6, 6.07) is 9.18. The van der Waals surface area contributed by atoms with Crippen LogP contribution in [0.5, 0.6) is 5.75 Å². The molecule has 17 heavy (non-hydrogen) atoms. The molecule has 0 N–H and O–H groups in total. The molecule has 0 aliphatic carbocycles. The largest absolute Gasteiger partial charge is 0.497 e. The molecule has 0 spiro atoms. The highest BCUT2D eigenvalue weighted by Crippen LogP contribution is 2.19. The first kappa shape index (κ1) is 11.4. The first-order valence-corrected chi connectivity index (χ1v) is 5.28. The topological polar surface area (TPSA) is 42.4 Å². The second kappa shape index (κ2) is 4.41. The van der Waals surface area contributed by atoms with E-state index < -0.39 is 0 Å². The van der Waals surface area contributed by atoms with E-state index in [1.165, 1.54) is 4.90 Å². The maximum Gasteiger partial charge on any atom is 0.271 e. The van der Waals surface area contributed by atoms with Crippen molar-refractivity contribution in [3.8, 4) is 5.75 Å². The number of ether oxygens (including phenoxy) is 1. The Morgan fingerprint density at radius 1 is 1.24 bits per heavy atom. The number of aromatic nitrogens is 1. The second-order valence-corrected chi connectivity index (χ2v) is 3.95. The first-order valence-electron chi connectivity index (χ1n) is 5.28.